The van der Waals surface area contributed by atoms with Gasteiger partial charge < -0.3 is 9.84 Å². The summed E-state index contributed by atoms with van der Waals surface area (Å²) in [5, 5.41) is 8.04. The molecule has 0 aliphatic rings. The van der Waals surface area contributed by atoms with Crippen molar-refractivity contribution in [3.05, 3.63) is 35.9 Å². The molecule has 0 amide bonds. The number of aliphatic carboxylic acids is 1. The number of hydrogen-bond acceptors (Lipinski definition) is 2. The van der Waals surface area contributed by atoms with Gasteiger partial charge in [0.15, 0.2) is 0 Å². The van der Waals surface area contributed by atoms with Crippen molar-refractivity contribution in [1.29, 1.82) is 0 Å². The second kappa shape index (κ2) is 4.15. The Bertz CT molecular complexity index is 311. The highest BCUT2D eigenvalue weighted by Gasteiger charge is 2.40. The average Bonchev–Trinajstić information content (AvgIpc) is 2.16. The fraction of sp³-hybridized carbons (Fsp3) is 0.222. The number of alkyl halides is 2. The molecule has 0 saturated carbocycles. The van der Waals surface area contributed by atoms with Crippen molar-refractivity contribution in [3.63, 3.8) is 0 Å². The fourth-order valence-electron chi connectivity index (χ4n) is 0.810. The van der Waals surface area contributed by atoms with Crippen LogP contribution in [0.4, 0.5) is 8.78 Å². The minimum atomic E-state index is -4.13. The third-order valence-corrected chi connectivity index (χ3v) is 1.51. The maximum atomic E-state index is 12.4. The van der Waals surface area contributed by atoms with E-state index in [4.69, 9.17) is 5.11 Å². The second-order valence-electron chi connectivity index (χ2n) is 2.60. The Morgan fingerprint density at radius 1 is 1.36 bits per heavy atom. The lowest BCUT2D eigenvalue weighted by atomic mass is 10.2. The monoisotopic (exact) mass is 202 g/mol. The summed E-state index contributed by atoms with van der Waals surface area (Å²) in [5.41, 5.74) is 0.494. The van der Waals surface area contributed by atoms with Crippen LogP contribution in [0.25, 0.3) is 0 Å². The van der Waals surface area contributed by atoms with E-state index in [9.17, 15) is 13.6 Å². The Kier molecular flexibility index (Phi) is 3.14. The number of ether oxygens (including phenoxy) is 1. The van der Waals surface area contributed by atoms with Crippen molar-refractivity contribution in [2.24, 2.45) is 0 Å². The van der Waals surface area contributed by atoms with Crippen LogP contribution in [0.2, 0.25) is 0 Å². The second-order valence-corrected chi connectivity index (χ2v) is 2.60. The average molecular weight is 202 g/mol. The maximum absolute atomic E-state index is 12.4. The molecule has 0 unspecified atom stereocenters. The summed E-state index contributed by atoms with van der Waals surface area (Å²) in [6.07, 6.45) is -4.13. The van der Waals surface area contributed by atoms with E-state index in [2.05, 4.69) is 4.74 Å². The SMILES string of the molecule is O=C(O)C(F)(F)OCc1ccccc1. The molecule has 0 radical (unpaired) electrons. The van der Waals surface area contributed by atoms with Crippen LogP contribution in [-0.4, -0.2) is 17.2 Å². The molecule has 0 saturated heterocycles. The van der Waals surface area contributed by atoms with Crippen molar-refractivity contribution >= 4 is 5.97 Å². The van der Waals surface area contributed by atoms with E-state index in [-0.39, 0.29) is 0 Å². The lowest BCUT2D eigenvalue weighted by Gasteiger charge is -2.11. The molecule has 0 aliphatic heterocycles. The first-order chi connectivity index (χ1) is 6.52. The van der Waals surface area contributed by atoms with Crippen LogP contribution in [0.15, 0.2) is 30.3 Å². The Hall–Kier alpha value is -1.49. The number of carbonyl (C=O) groups is 1. The van der Waals surface area contributed by atoms with E-state index in [0.29, 0.717) is 5.56 Å². The molecule has 76 valence electrons. The normalized spacial score (nSPS) is 11.3. The predicted octanol–water partition coefficient (Wildman–Crippen LogP) is 1.88. The molecule has 1 rings (SSSR count). The Balaban J connectivity index is 2.53. The number of benzene rings is 1. The molecule has 0 aliphatic carbocycles. The number of rotatable bonds is 4. The van der Waals surface area contributed by atoms with Gasteiger partial charge in [-0.3, -0.25) is 0 Å². The van der Waals surface area contributed by atoms with E-state index >= 15 is 0 Å². The smallest absolute Gasteiger partial charge is 0.456 e. The molecular weight excluding hydrogens is 194 g/mol. The molecule has 1 N–H and O–H groups in total. The molecule has 5 heteroatoms. The van der Waals surface area contributed by atoms with Gasteiger partial charge in [-0.2, -0.15) is 8.78 Å². The zero-order valence-corrected chi connectivity index (χ0v) is 7.11. The van der Waals surface area contributed by atoms with Crippen molar-refractivity contribution in [1.82, 2.24) is 0 Å². The number of halogens is 2. The number of carboxylic acid groups (broad SMARTS) is 1. The maximum Gasteiger partial charge on any atom is 0.456 e. The van der Waals surface area contributed by atoms with Gasteiger partial charge in [0.25, 0.3) is 0 Å². The highest BCUT2D eigenvalue weighted by Crippen LogP contribution is 2.17. The highest BCUT2D eigenvalue weighted by atomic mass is 19.3. The molecule has 0 bridgehead atoms. The van der Waals surface area contributed by atoms with Crippen LogP contribution >= 0.6 is 0 Å². The molecule has 1 aromatic carbocycles. The fourth-order valence-corrected chi connectivity index (χ4v) is 0.810. The minimum Gasteiger partial charge on any atom is -0.475 e. The van der Waals surface area contributed by atoms with Crippen LogP contribution in [0.3, 0.4) is 0 Å². The van der Waals surface area contributed by atoms with Gasteiger partial charge in [-0.15, -0.1) is 0 Å². The third-order valence-electron chi connectivity index (χ3n) is 1.51. The molecule has 1 aromatic rings. The van der Waals surface area contributed by atoms with Crippen LogP contribution in [0.1, 0.15) is 5.56 Å². The van der Waals surface area contributed by atoms with Crippen molar-refractivity contribution in [2.75, 3.05) is 0 Å². The van der Waals surface area contributed by atoms with Gasteiger partial charge in [0.2, 0.25) is 0 Å². The molecule has 0 aromatic heterocycles. The minimum absolute atomic E-state index is 0.430. The summed E-state index contributed by atoms with van der Waals surface area (Å²) in [7, 11) is 0. The van der Waals surface area contributed by atoms with Gasteiger partial charge in [-0.1, -0.05) is 30.3 Å². The van der Waals surface area contributed by atoms with Gasteiger partial charge in [0.1, 0.15) is 0 Å². The first-order valence-electron chi connectivity index (χ1n) is 3.81. The van der Waals surface area contributed by atoms with Crippen molar-refractivity contribution in [2.45, 2.75) is 12.7 Å². The molecular formula is C9H8F2O3. The van der Waals surface area contributed by atoms with Gasteiger partial charge in [-0.05, 0) is 5.56 Å². The molecule has 0 spiro atoms. The van der Waals surface area contributed by atoms with Gasteiger partial charge in [0.05, 0.1) is 6.61 Å². The van der Waals surface area contributed by atoms with Crippen LogP contribution in [-0.2, 0) is 16.1 Å². The van der Waals surface area contributed by atoms with E-state index in [0.717, 1.165) is 0 Å². The Labute approximate surface area is 78.9 Å². The van der Waals surface area contributed by atoms with Crippen LogP contribution in [0, 0.1) is 0 Å². The van der Waals surface area contributed by atoms with Gasteiger partial charge >= 0.3 is 12.1 Å². The largest absolute Gasteiger partial charge is 0.475 e. The zero-order chi connectivity index (χ0) is 10.6. The summed E-state index contributed by atoms with van der Waals surface area (Å²) < 4.78 is 28.8. The first kappa shape index (κ1) is 10.6. The lowest BCUT2D eigenvalue weighted by Crippen LogP contribution is -2.31. The van der Waals surface area contributed by atoms with Crippen molar-refractivity contribution < 1.29 is 23.4 Å². The number of carboxylic acids is 1. The Morgan fingerprint density at radius 3 is 2.43 bits per heavy atom. The summed E-state index contributed by atoms with van der Waals surface area (Å²) in [4.78, 5) is 9.97. The summed E-state index contributed by atoms with van der Waals surface area (Å²) >= 11 is 0. The molecule has 0 fully saturated rings. The van der Waals surface area contributed by atoms with E-state index in [1.54, 1.807) is 30.3 Å². The third kappa shape index (κ3) is 2.77. The topological polar surface area (TPSA) is 46.5 Å². The van der Waals surface area contributed by atoms with E-state index < -0.39 is 18.7 Å². The first-order valence-corrected chi connectivity index (χ1v) is 3.81. The predicted molar refractivity (Wildman–Crippen MR) is 43.8 cm³/mol. The van der Waals surface area contributed by atoms with Gasteiger partial charge in [-0.25, -0.2) is 4.79 Å². The summed E-state index contributed by atoms with van der Waals surface area (Å²) in [6.45, 7) is -0.430. The van der Waals surface area contributed by atoms with Crippen LogP contribution in [0.5, 0.6) is 0 Å². The number of hydrogen-bond donors (Lipinski definition) is 1. The highest BCUT2D eigenvalue weighted by molar-refractivity contribution is 5.73. The molecule has 14 heavy (non-hydrogen) atoms. The standard InChI is InChI=1S/C9H8F2O3/c10-9(11,8(12)13)14-6-7-4-2-1-3-5-7/h1-5H,6H2,(H,12,13). The van der Waals surface area contributed by atoms with E-state index in [1.165, 1.54) is 0 Å². The Morgan fingerprint density at radius 2 is 1.93 bits per heavy atom. The summed E-state index contributed by atoms with van der Waals surface area (Å²) in [6, 6.07) is 8.16. The van der Waals surface area contributed by atoms with Gasteiger partial charge in [0, 0.05) is 0 Å². The molecule has 3 nitrogen and oxygen atoms in total. The quantitative estimate of drug-likeness (QED) is 0.810. The molecule has 0 heterocycles. The summed E-state index contributed by atoms with van der Waals surface area (Å²) in [5.74, 6) is -2.28. The van der Waals surface area contributed by atoms with Crippen molar-refractivity contribution in [3.8, 4) is 0 Å². The lowest BCUT2D eigenvalue weighted by molar-refractivity contribution is -0.250. The van der Waals surface area contributed by atoms with Crippen LogP contribution < -0.4 is 0 Å². The zero-order valence-electron chi connectivity index (χ0n) is 7.11. The molecule has 0 atom stereocenters. The van der Waals surface area contributed by atoms with E-state index in [1.807, 2.05) is 0 Å².